The topological polar surface area (TPSA) is 70.1 Å². The third-order valence-electron chi connectivity index (χ3n) is 3.53. The van der Waals surface area contributed by atoms with Crippen LogP contribution in [0.5, 0.6) is 0 Å². The summed E-state index contributed by atoms with van der Waals surface area (Å²) < 4.78 is 0. The molecule has 3 rings (SSSR count). The van der Waals surface area contributed by atoms with Crippen LogP contribution in [0, 0.1) is 6.92 Å². The van der Waals surface area contributed by atoms with E-state index >= 15 is 0 Å². The van der Waals surface area contributed by atoms with Gasteiger partial charge in [-0.2, -0.15) is 10.2 Å². The second kappa shape index (κ2) is 7.51. The number of benzene rings is 2. The molecule has 0 fully saturated rings. The van der Waals surface area contributed by atoms with E-state index in [4.69, 9.17) is 23.2 Å². The summed E-state index contributed by atoms with van der Waals surface area (Å²) in [5.74, 6) is -0.412. The molecule has 2 N–H and O–H groups in total. The van der Waals surface area contributed by atoms with Crippen LogP contribution in [-0.4, -0.2) is 22.3 Å². The molecule has 1 aromatic heterocycles. The Hall–Kier alpha value is -2.63. The van der Waals surface area contributed by atoms with Crippen molar-refractivity contribution in [2.24, 2.45) is 5.10 Å². The van der Waals surface area contributed by atoms with Gasteiger partial charge in [-0.15, -0.1) is 0 Å². The van der Waals surface area contributed by atoms with Gasteiger partial charge >= 0.3 is 0 Å². The number of halogens is 2. The molecular weight excluding hydrogens is 359 g/mol. The average Bonchev–Trinajstić information content (AvgIpc) is 3.08. The first-order valence-corrected chi connectivity index (χ1v) is 8.20. The Morgan fingerprint density at radius 1 is 1.16 bits per heavy atom. The minimum atomic E-state index is -0.412. The van der Waals surface area contributed by atoms with Crippen molar-refractivity contribution in [2.45, 2.75) is 6.92 Å². The Bertz CT molecular complexity index is 912. The van der Waals surface area contributed by atoms with Gasteiger partial charge in [0, 0.05) is 11.1 Å². The lowest BCUT2D eigenvalue weighted by molar-refractivity contribution is 0.0950. The lowest BCUT2D eigenvalue weighted by Gasteiger charge is -2.00. The number of carbonyl (C=O) groups is 1. The Labute approximate surface area is 154 Å². The van der Waals surface area contributed by atoms with Crippen LogP contribution in [0.4, 0.5) is 0 Å². The number of nitrogens with one attached hydrogen (secondary N) is 2. The number of hydrogen-bond donors (Lipinski definition) is 2. The van der Waals surface area contributed by atoms with Crippen LogP contribution in [0.3, 0.4) is 0 Å². The van der Waals surface area contributed by atoms with Gasteiger partial charge in [0.25, 0.3) is 5.91 Å². The standard InChI is InChI=1S/C18H14Cl2N4O/c1-11-5-7-12(8-6-11)16-9-17(23-22-16)18(25)24-21-10-13-14(19)3-2-4-15(13)20/h2-10H,1H3,(H,22,23)(H,24,25). The summed E-state index contributed by atoms with van der Waals surface area (Å²) in [5, 5.41) is 11.7. The van der Waals surface area contributed by atoms with Gasteiger partial charge in [0.15, 0.2) is 0 Å². The second-order valence-electron chi connectivity index (χ2n) is 5.37. The van der Waals surface area contributed by atoms with E-state index in [9.17, 15) is 4.79 Å². The molecule has 0 aliphatic carbocycles. The van der Waals surface area contributed by atoms with E-state index in [-0.39, 0.29) is 0 Å². The number of hydrazone groups is 1. The van der Waals surface area contributed by atoms with E-state index < -0.39 is 5.91 Å². The fraction of sp³-hybridized carbons (Fsp3) is 0.0556. The number of aromatic nitrogens is 2. The largest absolute Gasteiger partial charge is 0.289 e. The van der Waals surface area contributed by atoms with Gasteiger partial charge < -0.3 is 0 Å². The molecule has 0 unspecified atom stereocenters. The van der Waals surface area contributed by atoms with Crippen molar-refractivity contribution in [2.75, 3.05) is 0 Å². The van der Waals surface area contributed by atoms with Crippen molar-refractivity contribution in [3.05, 3.63) is 75.4 Å². The molecular formula is C18H14Cl2N4O. The average molecular weight is 373 g/mol. The van der Waals surface area contributed by atoms with E-state index in [2.05, 4.69) is 20.7 Å². The third-order valence-corrected chi connectivity index (χ3v) is 4.19. The van der Waals surface area contributed by atoms with E-state index in [0.29, 0.717) is 27.0 Å². The molecule has 7 heteroatoms. The maximum absolute atomic E-state index is 12.1. The van der Waals surface area contributed by atoms with Gasteiger partial charge in [-0.1, -0.05) is 59.1 Å². The summed E-state index contributed by atoms with van der Waals surface area (Å²) in [6.07, 6.45) is 1.40. The lowest BCUT2D eigenvalue weighted by Crippen LogP contribution is -2.18. The summed E-state index contributed by atoms with van der Waals surface area (Å²) in [4.78, 5) is 12.1. The minimum Gasteiger partial charge on any atom is -0.272 e. The van der Waals surface area contributed by atoms with Crippen molar-refractivity contribution in [3.8, 4) is 11.3 Å². The van der Waals surface area contributed by atoms with E-state index in [1.807, 2.05) is 31.2 Å². The number of carbonyl (C=O) groups excluding carboxylic acids is 1. The second-order valence-corrected chi connectivity index (χ2v) is 6.18. The van der Waals surface area contributed by atoms with Crippen molar-refractivity contribution in [1.29, 1.82) is 0 Å². The first-order valence-electron chi connectivity index (χ1n) is 7.44. The van der Waals surface area contributed by atoms with Crippen LogP contribution in [-0.2, 0) is 0 Å². The summed E-state index contributed by atoms with van der Waals surface area (Å²) in [6, 6.07) is 14.7. The number of nitrogens with zero attached hydrogens (tertiary/aromatic N) is 2. The van der Waals surface area contributed by atoms with Crippen LogP contribution >= 0.6 is 23.2 Å². The molecule has 0 saturated carbocycles. The predicted octanol–water partition coefficient (Wildman–Crippen LogP) is 4.46. The first-order chi connectivity index (χ1) is 12.0. The SMILES string of the molecule is Cc1ccc(-c2cc(C(=O)NN=Cc3c(Cl)cccc3Cl)[nH]n2)cc1. The Morgan fingerprint density at radius 2 is 1.84 bits per heavy atom. The molecule has 0 saturated heterocycles. The Kier molecular flexibility index (Phi) is 5.16. The van der Waals surface area contributed by atoms with Gasteiger partial charge in [-0.05, 0) is 25.1 Å². The summed E-state index contributed by atoms with van der Waals surface area (Å²) in [5.41, 5.74) is 6.02. The maximum atomic E-state index is 12.1. The van der Waals surface area contributed by atoms with Crippen LogP contribution in [0.25, 0.3) is 11.3 Å². The summed E-state index contributed by atoms with van der Waals surface area (Å²) in [7, 11) is 0. The first kappa shape index (κ1) is 17.2. The highest BCUT2D eigenvalue weighted by atomic mass is 35.5. The number of amides is 1. The van der Waals surface area contributed by atoms with Crippen LogP contribution < -0.4 is 5.43 Å². The molecule has 3 aromatic rings. The highest BCUT2D eigenvalue weighted by Gasteiger charge is 2.10. The molecule has 0 atom stereocenters. The molecule has 0 bridgehead atoms. The molecule has 2 aromatic carbocycles. The summed E-state index contributed by atoms with van der Waals surface area (Å²) in [6.45, 7) is 2.01. The number of aromatic amines is 1. The molecule has 25 heavy (non-hydrogen) atoms. The molecule has 1 amide bonds. The smallest absolute Gasteiger partial charge is 0.272 e. The molecule has 126 valence electrons. The van der Waals surface area contributed by atoms with Crippen LogP contribution in [0.1, 0.15) is 21.6 Å². The number of aryl methyl sites for hydroxylation is 1. The Balaban J connectivity index is 1.70. The fourth-order valence-electron chi connectivity index (χ4n) is 2.16. The third kappa shape index (κ3) is 4.07. The van der Waals surface area contributed by atoms with E-state index in [1.54, 1.807) is 24.3 Å². The molecule has 5 nitrogen and oxygen atoms in total. The van der Waals surface area contributed by atoms with Crippen molar-refractivity contribution in [1.82, 2.24) is 15.6 Å². The normalized spacial score (nSPS) is 11.0. The zero-order valence-corrected chi connectivity index (χ0v) is 14.8. The monoisotopic (exact) mass is 372 g/mol. The van der Waals surface area contributed by atoms with Gasteiger partial charge in [0.2, 0.25) is 0 Å². The van der Waals surface area contributed by atoms with Gasteiger partial charge in [0.1, 0.15) is 5.69 Å². The van der Waals surface area contributed by atoms with Crippen LogP contribution in [0.15, 0.2) is 53.6 Å². The Morgan fingerprint density at radius 3 is 2.52 bits per heavy atom. The lowest BCUT2D eigenvalue weighted by atomic mass is 10.1. The molecule has 0 radical (unpaired) electrons. The summed E-state index contributed by atoms with van der Waals surface area (Å²) >= 11 is 12.1. The molecule has 0 spiro atoms. The molecule has 1 heterocycles. The van der Waals surface area contributed by atoms with Crippen LogP contribution in [0.2, 0.25) is 10.0 Å². The van der Waals surface area contributed by atoms with E-state index in [1.165, 1.54) is 6.21 Å². The highest BCUT2D eigenvalue weighted by molar-refractivity contribution is 6.38. The van der Waals surface area contributed by atoms with Crippen molar-refractivity contribution in [3.63, 3.8) is 0 Å². The zero-order chi connectivity index (χ0) is 17.8. The molecule has 0 aliphatic rings. The predicted molar refractivity (Wildman–Crippen MR) is 100 cm³/mol. The van der Waals surface area contributed by atoms with Gasteiger partial charge in [-0.25, -0.2) is 5.43 Å². The highest BCUT2D eigenvalue weighted by Crippen LogP contribution is 2.22. The van der Waals surface area contributed by atoms with Crippen molar-refractivity contribution >= 4 is 35.3 Å². The number of rotatable bonds is 4. The van der Waals surface area contributed by atoms with Gasteiger partial charge in [-0.3, -0.25) is 9.89 Å². The minimum absolute atomic E-state index is 0.304. The van der Waals surface area contributed by atoms with Gasteiger partial charge in [0.05, 0.1) is 22.0 Å². The number of hydrogen-bond acceptors (Lipinski definition) is 3. The fourth-order valence-corrected chi connectivity index (χ4v) is 2.66. The quantitative estimate of drug-likeness (QED) is 0.524. The van der Waals surface area contributed by atoms with Crippen molar-refractivity contribution < 1.29 is 4.79 Å². The maximum Gasteiger partial charge on any atom is 0.289 e. The molecule has 0 aliphatic heterocycles. The van der Waals surface area contributed by atoms with E-state index in [0.717, 1.165) is 11.1 Å². The zero-order valence-electron chi connectivity index (χ0n) is 13.3. The number of H-pyrrole nitrogens is 1.